The van der Waals surface area contributed by atoms with Gasteiger partial charge in [0.25, 0.3) is 0 Å². The second-order valence-electron chi connectivity index (χ2n) is 9.36. The van der Waals surface area contributed by atoms with Crippen molar-refractivity contribution in [3.05, 3.63) is 0 Å². The van der Waals surface area contributed by atoms with Crippen LogP contribution in [0.4, 0.5) is 0 Å². The number of nitrogens with one attached hydrogen (secondary N) is 1. The predicted octanol–water partition coefficient (Wildman–Crippen LogP) is 0.145. The van der Waals surface area contributed by atoms with Gasteiger partial charge in [-0.05, 0) is 41.5 Å². The first-order chi connectivity index (χ1) is 15.9. The van der Waals surface area contributed by atoms with Crippen molar-refractivity contribution in [1.29, 1.82) is 0 Å². The van der Waals surface area contributed by atoms with E-state index in [2.05, 4.69) is 5.32 Å². The van der Waals surface area contributed by atoms with E-state index in [0.717, 1.165) is 0 Å². The smallest absolute Gasteiger partial charge is 0.320 e. The van der Waals surface area contributed by atoms with Gasteiger partial charge >= 0.3 is 17.9 Å². The van der Waals surface area contributed by atoms with Gasteiger partial charge < -0.3 is 24.1 Å². The average molecular weight is 490 g/mol. The standard InChI is InChI=1S/C23H43N3O8/c1-7-31-19(28)13-24-23(12-18(27)34-22(4,5)6)16-25(14-20(29)32-8-2)10-11-26(17-23)15-21(30)33-9-3/h20,24,29H,7-17H2,1-6H3. The van der Waals surface area contributed by atoms with Gasteiger partial charge in [-0.25, -0.2) is 0 Å². The molecule has 0 aromatic heterocycles. The quantitative estimate of drug-likeness (QED) is 0.208. The van der Waals surface area contributed by atoms with Crippen molar-refractivity contribution in [2.45, 2.75) is 65.4 Å². The third-order valence-electron chi connectivity index (χ3n) is 5.03. The minimum atomic E-state index is -1.01. The highest BCUT2D eigenvalue weighted by molar-refractivity contribution is 5.74. The van der Waals surface area contributed by atoms with Crippen molar-refractivity contribution in [2.24, 2.45) is 0 Å². The highest BCUT2D eigenvalue weighted by atomic mass is 16.6. The molecule has 2 atom stereocenters. The molecule has 0 spiro atoms. The molecule has 1 aliphatic heterocycles. The highest BCUT2D eigenvalue weighted by Gasteiger charge is 2.41. The van der Waals surface area contributed by atoms with Crippen LogP contribution in [-0.2, 0) is 33.3 Å². The molecule has 11 heteroatoms. The van der Waals surface area contributed by atoms with Gasteiger partial charge in [-0.2, -0.15) is 0 Å². The van der Waals surface area contributed by atoms with Gasteiger partial charge in [-0.3, -0.25) is 29.5 Å². The molecule has 1 aliphatic rings. The lowest BCUT2D eigenvalue weighted by molar-refractivity contribution is -0.157. The average Bonchev–Trinajstić information content (AvgIpc) is 2.85. The Labute approximate surface area is 203 Å². The highest BCUT2D eigenvalue weighted by Crippen LogP contribution is 2.22. The number of aliphatic hydroxyl groups excluding tert-OH is 1. The Morgan fingerprint density at radius 1 is 0.941 bits per heavy atom. The van der Waals surface area contributed by atoms with Crippen molar-refractivity contribution in [3.8, 4) is 0 Å². The van der Waals surface area contributed by atoms with E-state index in [1.54, 1.807) is 41.5 Å². The molecule has 11 nitrogen and oxygen atoms in total. The summed E-state index contributed by atoms with van der Waals surface area (Å²) in [6.07, 6.45) is -1.06. The minimum absolute atomic E-state index is 0.0346. The summed E-state index contributed by atoms with van der Waals surface area (Å²) in [6, 6.07) is 0. The van der Waals surface area contributed by atoms with Crippen molar-refractivity contribution in [2.75, 3.05) is 65.6 Å². The van der Waals surface area contributed by atoms with Gasteiger partial charge in [-0.1, -0.05) is 0 Å². The Hall–Kier alpha value is -1.79. The van der Waals surface area contributed by atoms with E-state index >= 15 is 0 Å². The van der Waals surface area contributed by atoms with Crippen molar-refractivity contribution < 1.29 is 38.4 Å². The molecular weight excluding hydrogens is 446 g/mol. The number of rotatable bonds is 13. The van der Waals surface area contributed by atoms with Crippen LogP contribution in [0.5, 0.6) is 0 Å². The summed E-state index contributed by atoms with van der Waals surface area (Å²) in [7, 11) is 0. The molecular formula is C23H43N3O8. The first-order valence-electron chi connectivity index (χ1n) is 11.9. The van der Waals surface area contributed by atoms with E-state index in [1.165, 1.54) is 0 Å². The molecule has 0 amide bonds. The molecule has 2 N–H and O–H groups in total. The molecule has 34 heavy (non-hydrogen) atoms. The zero-order valence-corrected chi connectivity index (χ0v) is 21.6. The number of aliphatic hydroxyl groups is 1. The van der Waals surface area contributed by atoms with Gasteiger partial charge in [0, 0.05) is 39.3 Å². The van der Waals surface area contributed by atoms with Crippen molar-refractivity contribution >= 4 is 17.9 Å². The Morgan fingerprint density at radius 3 is 2.12 bits per heavy atom. The zero-order valence-electron chi connectivity index (χ0n) is 21.6. The third kappa shape index (κ3) is 12.1. The fraction of sp³-hybridized carbons (Fsp3) is 0.870. The van der Waals surface area contributed by atoms with Crippen LogP contribution < -0.4 is 5.32 Å². The number of esters is 3. The summed E-state index contributed by atoms with van der Waals surface area (Å²) in [5, 5.41) is 13.4. The van der Waals surface area contributed by atoms with Crippen molar-refractivity contribution in [3.63, 3.8) is 0 Å². The summed E-state index contributed by atoms with van der Waals surface area (Å²) in [4.78, 5) is 41.1. The van der Waals surface area contributed by atoms with E-state index in [0.29, 0.717) is 26.2 Å². The van der Waals surface area contributed by atoms with Crippen LogP contribution in [-0.4, -0.2) is 116 Å². The third-order valence-corrected chi connectivity index (χ3v) is 5.03. The molecule has 0 bridgehead atoms. The maximum absolute atomic E-state index is 12.9. The maximum atomic E-state index is 12.9. The first kappa shape index (κ1) is 30.2. The molecule has 0 aromatic rings. The molecule has 1 rings (SSSR count). The number of β-amino-alcohol motifs (C(OH)–C–C–N with tert-alkyl or cyclic N) is 1. The van der Waals surface area contributed by atoms with Gasteiger partial charge in [0.05, 0.1) is 38.3 Å². The van der Waals surface area contributed by atoms with E-state index < -0.39 is 29.4 Å². The fourth-order valence-electron chi connectivity index (χ4n) is 3.90. The Morgan fingerprint density at radius 2 is 1.53 bits per heavy atom. The molecule has 0 aliphatic carbocycles. The number of hydrogen-bond acceptors (Lipinski definition) is 11. The van der Waals surface area contributed by atoms with E-state index in [-0.39, 0.29) is 51.8 Å². The summed E-state index contributed by atoms with van der Waals surface area (Å²) in [6.45, 7) is 13.2. The summed E-state index contributed by atoms with van der Waals surface area (Å²) < 4.78 is 21.0. The topological polar surface area (TPSA) is 127 Å². The fourth-order valence-corrected chi connectivity index (χ4v) is 3.90. The molecule has 0 saturated carbocycles. The number of carbonyl (C=O) groups excluding carboxylic acids is 3. The van der Waals surface area contributed by atoms with Gasteiger partial charge in [-0.15, -0.1) is 0 Å². The zero-order chi connectivity index (χ0) is 25.8. The minimum Gasteiger partial charge on any atom is -0.465 e. The van der Waals surface area contributed by atoms with Crippen LogP contribution in [0.15, 0.2) is 0 Å². The number of nitrogens with zero attached hydrogens (tertiary/aromatic N) is 2. The van der Waals surface area contributed by atoms with Crippen molar-refractivity contribution in [1.82, 2.24) is 15.1 Å². The SMILES string of the molecule is CCOC(=O)CNC1(CC(=O)OC(C)(C)C)CN(CC(=O)OCC)CCN(CC(O)OCC)C1. The van der Waals surface area contributed by atoms with Crippen LogP contribution in [0.1, 0.15) is 48.0 Å². The molecule has 0 aromatic carbocycles. The van der Waals surface area contributed by atoms with E-state index in [4.69, 9.17) is 18.9 Å². The molecule has 0 radical (unpaired) electrons. The Bertz CT molecular complexity index is 655. The maximum Gasteiger partial charge on any atom is 0.320 e. The molecule has 1 saturated heterocycles. The predicted molar refractivity (Wildman–Crippen MR) is 125 cm³/mol. The lowest BCUT2D eigenvalue weighted by Gasteiger charge is -2.38. The molecule has 1 fully saturated rings. The molecule has 2 unspecified atom stereocenters. The molecule has 198 valence electrons. The Balaban J connectivity index is 3.22. The van der Waals surface area contributed by atoms with Crippen LogP contribution in [0.3, 0.4) is 0 Å². The number of ether oxygens (including phenoxy) is 4. The number of carbonyl (C=O) groups is 3. The van der Waals surface area contributed by atoms with Crippen LogP contribution in [0, 0.1) is 0 Å². The summed E-state index contributed by atoms with van der Waals surface area (Å²) in [5.74, 6) is -1.26. The van der Waals surface area contributed by atoms with E-state index in [9.17, 15) is 19.5 Å². The van der Waals surface area contributed by atoms with Crippen LogP contribution in [0.25, 0.3) is 0 Å². The van der Waals surface area contributed by atoms with Gasteiger partial charge in [0.1, 0.15) is 5.60 Å². The lowest BCUT2D eigenvalue weighted by Crippen LogP contribution is -2.60. The van der Waals surface area contributed by atoms with Gasteiger partial charge in [0.2, 0.25) is 0 Å². The second-order valence-corrected chi connectivity index (χ2v) is 9.36. The monoisotopic (exact) mass is 489 g/mol. The normalized spacial score (nSPS) is 20.9. The Kier molecular flexibility index (Phi) is 13.0. The number of hydrogen-bond donors (Lipinski definition) is 2. The lowest BCUT2D eigenvalue weighted by atomic mass is 9.93. The van der Waals surface area contributed by atoms with Crippen LogP contribution >= 0.6 is 0 Å². The summed E-state index contributed by atoms with van der Waals surface area (Å²) >= 11 is 0. The first-order valence-corrected chi connectivity index (χ1v) is 11.9. The second kappa shape index (κ2) is 14.6. The van der Waals surface area contributed by atoms with Gasteiger partial charge in [0.15, 0.2) is 6.29 Å². The molecule has 1 heterocycles. The summed E-state index contributed by atoms with van der Waals surface area (Å²) in [5.41, 5.74) is -1.64. The van der Waals surface area contributed by atoms with E-state index in [1.807, 2.05) is 9.80 Å². The van der Waals surface area contributed by atoms with Crippen LogP contribution in [0.2, 0.25) is 0 Å². The largest absolute Gasteiger partial charge is 0.465 e.